The molecule has 1 rings (SSSR count). The molecule has 0 aromatic heterocycles. The second-order valence-electron chi connectivity index (χ2n) is 3.37. The lowest BCUT2D eigenvalue weighted by atomic mass is 10.2. The van der Waals surface area contributed by atoms with Gasteiger partial charge in [-0.15, -0.1) is 0 Å². The van der Waals surface area contributed by atoms with E-state index in [2.05, 4.69) is 0 Å². The van der Waals surface area contributed by atoms with E-state index in [1.807, 2.05) is 6.92 Å². The number of hydrogen-bond donors (Lipinski definition) is 0. The molecule has 4 heteroatoms. The van der Waals surface area contributed by atoms with Gasteiger partial charge in [0, 0.05) is 19.8 Å². The minimum Gasteiger partial charge on any atom is -0.385 e. The van der Waals surface area contributed by atoms with Crippen molar-refractivity contribution in [3.63, 3.8) is 0 Å². The van der Waals surface area contributed by atoms with Crippen molar-refractivity contribution in [2.75, 3.05) is 20.3 Å². The number of ketones is 1. The second-order valence-corrected chi connectivity index (χ2v) is 3.37. The van der Waals surface area contributed by atoms with E-state index in [9.17, 15) is 9.59 Å². The van der Waals surface area contributed by atoms with Gasteiger partial charge < -0.3 is 9.64 Å². The van der Waals surface area contributed by atoms with Crippen LogP contribution in [-0.2, 0) is 14.3 Å². The van der Waals surface area contributed by atoms with Gasteiger partial charge in [-0.1, -0.05) is 0 Å². The number of methoxy groups -OCH3 is 1. The molecular formula is C9H15NO3. The summed E-state index contributed by atoms with van der Waals surface area (Å²) in [5, 5.41) is 0. The summed E-state index contributed by atoms with van der Waals surface area (Å²) in [7, 11) is 1.63. The number of nitrogens with zero attached hydrogens (tertiary/aromatic N) is 1. The quantitative estimate of drug-likeness (QED) is 0.588. The summed E-state index contributed by atoms with van der Waals surface area (Å²) >= 11 is 0. The number of hydrogen-bond acceptors (Lipinski definition) is 3. The normalized spacial score (nSPS) is 19.7. The standard InChI is InChI=1S/C9H15NO3/c1-7(3-4-13-2)10-6-8(11)5-9(10)12/h7H,3-6H2,1-2H3. The number of amides is 1. The number of ether oxygens (including phenoxy) is 1. The first-order chi connectivity index (χ1) is 6.15. The minimum atomic E-state index is -0.0476. The molecule has 0 aromatic carbocycles. The molecule has 1 saturated heterocycles. The topological polar surface area (TPSA) is 46.6 Å². The van der Waals surface area contributed by atoms with Gasteiger partial charge in [0.15, 0.2) is 5.78 Å². The lowest BCUT2D eigenvalue weighted by molar-refractivity contribution is -0.129. The maximum atomic E-state index is 11.3. The van der Waals surface area contributed by atoms with Gasteiger partial charge in [-0.05, 0) is 13.3 Å². The Labute approximate surface area is 77.8 Å². The summed E-state index contributed by atoms with van der Waals surface area (Å²) < 4.78 is 4.91. The Morgan fingerprint density at radius 3 is 2.69 bits per heavy atom. The highest BCUT2D eigenvalue weighted by atomic mass is 16.5. The molecule has 1 atom stereocenters. The van der Waals surface area contributed by atoms with Gasteiger partial charge in [0.1, 0.15) is 0 Å². The molecule has 1 unspecified atom stereocenters. The average molecular weight is 185 g/mol. The predicted molar refractivity (Wildman–Crippen MR) is 47.3 cm³/mol. The Hall–Kier alpha value is -0.900. The van der Waals surface area contributed by atoms with Crippen LogP contribution >= 0.6 is 0 Å². The Kier molecular flexibility index (Phi) is 3.42. The van der Waals surface area contributed by atoms with Gasteiger partial charge in [0.2, 0.25) is 5.91 Å². The van der Waals surface area contributed by atoms with E-state index in [4.69, 9.17) is 4.74 Å². The molecule has 0 saturated carbocycles. The van der Waals surface area contributed by atoms with Crippen molar-refractivity contribution < 1.29 is 14.3 Å². The van der Waals surface area contributed by atoms with E-state index in [0.29, 0.717) is 6.61 Å². The van der Waals surface area contributed by atoms with Crippen LogP contribution in [0.2, 0.25) is 0 Å². The summed E-state index contributed by atoms with van der Waals surface area (Å²) in [4.78, 5) is 23.8. The first kappa shape index (κ1) is 10.2. The number of carbonyl (C=O) groups is 2. The maximum absolute atomic E-state index is 11.3. The monoisotopic (exact) mass is 185 g/mol. The highest BCUT2D eigenvalue weighted by Gasteiger charge is 2.30. The number of carbonyl (C=O) groups excluding carboxylic acids is 2. The number of Topliss-reactive ketones (excluding diaryl/α,β-unsaturated/α-hetero) is 1. The van der Waals surface area contributed by atoms with Gasteiger partial charge in [-0.2, -0.15) is 0 Å². The molecule has 0 bridgehead atoms. The molecule has 1 aliphatic rings. The SMILES string of the molecule is COCCC(C)N1CC(=O)CC1=O. The molecule has 0 N–H and O–H groups in total. The van der Waals surface area contributed by atoms with Gasteiger partial charge in [0.25, 0.3) is 0 Å². The third kappa shape index (κ3) is 2.52. The lowest BCUT2D eigenvalue weighted by Gasteiger charge is -2.22. The Bertz CT molecular complexity index is 215. The third-order valence-corrected chi connectivity index (χ3v) is 2.29. The summed E-state index contributed by atoms with van der Waals surface area (Å²) in [6.07, 6.45) is 0.868. The van der Waals surface area contributed by atoms with Crippen molar-refractivity contribution in [1.29, 1.82) is 0 Å². The van der Waals surface area contributed by atoms with Crippen LogP contribution in [-0.4, -0.2) is 42.9 Å². The van der Waals surface area contributed by atoms with Crippen LogP contribution in [0, 0.1) is 0 Å². The van der Waals surface area contributed by atoms with Gasteiger partial charge in [-0.25, -0.2) is 0 Å². The fraction of sp³-hybridized carbons (Fsp3) is 0.778. The third-order valence-electron chi connectivity index (χ3n) is 2.29. The van der Waals surface area contributed by atoms with E-state index in [-0.39, 0.29) is 30.7 Å². The molecule has 0 aliphatic carbocycles. The summed E-state index contributed by atoms with van der Waals surface area (Å²) in [6, 6.07) is 0.110. The van der Waals surface area contributed by atoms with Crippen LogP contribution in [0.15, 0.2) is 0 Å². The molecule has 13 heavy (non-hydrogen) atoms. The zero-order valence-electron chi connectivity index (χ0n) is 8.08. The first-order valence-electron chi connectivity index (χ1n) is 4.45. The Morgan fingerprint density at radius 2 is 2.23 bits per heavy atom. The van der Waals surface area contributed by atoms with Crippen molar-refractivity contribution in [3.05, 3.63) is 0 Å². The molecule has 1 heterocycles. The molecular weight excluding hydrogens is 170 g/mol. The lowest BCUT2D eigenvalue weighted by Crippen LogP contribution is -2.35. The smallest absolute Gasteiger partial charge is 0.230 e. The molecule has 1 amide bonds. The van der Waals surface area contributed by atoms with E-state index in [1.165, 1.54) is 0 Å². The van der Waals surface area contributed by atoms with Gasteiger partial charge in [-0.3, -0.25) is 9.59 Å². The summed E-state index contributed by atoms with van der Waals surface area (Å²) in [5.41, 5.74) is 0. The maximum Gasteiger partial charge on any atom is 0.230 e. The molecule has 0 radical (unpaired) electrons. The average Bonchev–Trinajstić information content (AvgIpc) is 2.41. The van der Waals surface area contributed by atoms with Crippen molar-refractivity contribution in [2.24, 2.45) is 0 Å². The molecule has 0 spiro atoms. The highest BCUT2D eigenvalue weighted by Crippen LogP contribution is 2.12. The van der Waals surface area contributed by atoms with Crippen LogP contribution in [0.25, 0.3) is 0 Å². The van der Waals surface area contributed by atoms with E-state index in [0.717, 1.165) is 6.42 Å². The van der Waals surface area contributed by atoms with E-state index < -0.39 is 0 Å². The Morgan fingerprint density at radius 1 is 1.54 bits per heavy atom. The number of rotatable bonds is 4. The van der Waals surface area contributed by atoms with E-state index in [1.54, 1.807) is 12.0 Å². The highest BCUT2D eigenvalue weighted by molar-refractivity contribution is 6.05. The second kappa shape index (κ2) is 4.37. The van der Waals surface area contributed by atoms with Crippen molar-refractivity contribution in [1.82, 2.24) is 4.90 Å². The van der Waals surface area contributed by atoms with Crippen LogP contribution in [0.5, 0.6) is 0 Å². The van der Waals surface area contributed by atoms with Crippen LogP contribution in [0.4, 0.5) is 0 Å². The number of likely N-dealkylation sites (tertiary alicyclic amines) is 1. The molecule has 4 nitrogen and oxygen atoms in total. The van der Waals surface area contributed by atoms with E-state index >= 15 is 0 Å². The molecule has 0 aromatic rings. The van der Waals surface area contributed by atoms with Crippen LogP contribution in [0.1, 0.15) is 19.8 Å². The first-order valence-corrected chi connectivity index (χ1v) is 4.45. The fourth-order valence-electron chi connectivity index (χ4n) is 1.45. The van der Waals surface area contributed by atoms with Crippen molar-refractivity contribution in [2.45, 2.75) is 25.8 Å². The van der Waals surface area contributed by atoms with Crippen LogP contribution in [0.3, 0.4) is 0 Å². The predicted octanol–water partition coefficient (Wildman–Crippen LogP) is 0.213. The summed E-state index contributed by atoms with van der Waals surface area (Å²) in [6.45, 7) is 2.85. The van der Waals surface area contributed by atoms with Crippen molar-refractivity contribution in [3.8, 4) is 0 Å². The Balaban J connectivity index is 2.42. The van der Waals surface area contributed by atoms with Crippen molar-refractivity contribution >= 4 is 11.7 Å². The zero-order chi connectivity index (χ0) is 9.84. The summed E-state index contributed by atoms with van der Waals surface area (Å²) in [5.74, 6) is -0.0251. The fourth-order valence-corrected chi connectivity index (χ4v) is 1.45. The molecule has 1 aliphatic heterocycles. The largest absolute Gasteiger partial charge is 0.385 e. The van der Waals surface area contributed by atoms with Gasteiger partial charge in [0.05, 0.1) is 13.0 Å². The molecule has 1 fully saturated rings. The molecule has 74 valence electrons. The zero-order valence-corrected chi connectivity index (χ0v) is 8.08. The van der Waals surface area contributed by atoms with Gasteiger partial charge >= 0.3 is 0 Å². The minimum absolute atomic E-state index is 0.0225. The van der Waals surface area contributed by atoms with Crippen LogP contribution < -0.4 is 0 Å².